The predicted octanol–water partition coefficient (Wildman–Crippen LogP) is 18.0. The molecule has 0 aliphatic carbocycles. The maximum absolute atomic E-state index is 7.04. The van der Waals surface area contributed by atoms with E-state index in [9.17, 15) is 0 Å². The first-order chi connectivity index (χ1) is 32.8. The summed E-state index contributed by atoms with van der Waals surface area (Å²) in [6.45, 7) is 0. The number of furan rings is 1. The first-order valence-electron chi connectivity index (χ1n) is 22.8. The summed E-state index contributed by atoms with van der Waals surface area (Å²) in [5.74, 6) is 0. The Morgan fingerprint density at radius 3 is 1.33 bits per heavy atom. The van der Waals surface area contributed by atoms with E-state index in [4.69, 9.17) is 4.42 Å². The monoisotopic (exact) mass is 837 g/mol. The largest absolute Gasteiger partial charge is 0.455 e. The van der Waals surface area contributed by atoms with Crippen LogP contribution >= 0.6 is 0 Å². The maximum atomic E-state index is 7.04. The molecule has 0 saturated heterocycles. The Bertz CT molecular complexity index is 4160. The summed E-state index contributed by atoms with van der Waals surface area (Å²) in [6, 6.07) is 86.3. The van der Waals surface area contributed by atoms with Gasteiger partial charge in [-0.25, -0.2) is 0 Å². The van der Waals surface area contributed by atoms with Gasteiger partial charge in [-0.1, -0.05) is 206 Å². The third kappa shape index (κ3) is 5.36. The standard InChI is InChI=1S/C64H39NO/c1-3-18-40(19-4-1)42-34-36-58-55(38-42)44-22-15-16-33-57(44)65(58)63-51-29-13-11-27-49(51)62(50-28-12-14-30-52(50)63)54-32-17-31-53-56-39-43(35-37-59(56)66-64(53)54)61-47-25-9-7-23-45(47)60(41-20-5-2-6-21-41)46-24-8-10-26-48(46)61/h1-39H. The van der Waals surface area contributed by atoms with Gasteiger partial charge < -0.3 is 8.98 Å². The Kier molecular flexibility index (Phi) is 8.02. The molecule has 2 aromatic heterocycles. The molecule has 0 saturated carbocycles. The number of para-hydroxylation sites is 2. The molecular weight excluding hydrogens is 799 g/mol. The van der Waals surface area contributed by atoms with E-state index < -0.39 is 0 Å². The number of fused-ring (bicyclic) bond motifs is 10. The van der Waals surface area contributed by atoms with E-state index in [0.29, 0.717) is 0 Å². The fraction of sp³-hybridized carbons (Fsp3) is 0. The van der Waals surface area contributed by atoms with Crippen molar-refractivity contribution in [3.8, 4) is 50.2 Å². The molecule has 12 aromatic carbocycles. The second-order valence-corrected chi connectivity index (χ2v) is 17.5. The number of benzene rings is 12. The van der Waals surface area contributed by atoms with Crippen LogP contribution in [-0.2, 0) is 0 Å². The second-order valence-electron chi connectivity index (χ2n) is 17.5. The van der Waals surface area contributed by atoms with Gasteiger partial charge in [0.2, 0.25) is 0 Å². The molecule has 0 bridgehead atoms. The highest BCUT2D eigenvalue weighted by Crippen LogP contribution is 2.49. The van der Waals surface area contributed by atoms with Gasteiger partial charge >= 0.3 is 0 Å². The normalized spacial score (nSPS) is 11.9. The van der Waals surface area contributed by atoms with Gasteiger partial charge in [-0.15, -0.1) is 0 Å². The molecule has 66 heavy (non-hydrogen) atoms. The summed E-state index contributed by atoms with van der Waals surface area (Å²) in [7, 11) is 0. The maximum Gasteiger partial charge on any atom is 0.143 e. The lowest BCUT2D eigenvalue weighted by molar-refractivity contribution is 0.670. The number of nitrogens with zero attached hydrogens (tertiary/aromatic N) is 1. The predicted molar refractivity (Wildman–Crippen MR) is 280 cm³/mol. The first-order valence-corrected chi connectivity index (χ1v) is 22.8. The minimum atomic E-state index is 0.876. The fourth-order valence-electron chi connectivity index (χ4n) is 11.2. The molecule has 0 aliphatic rings. The first kappa shape index (κ1) is 36.7. The second kappa shape index (κ2) is 14.4. The summed E-state index contributed by atoms with van der Waals surface area (Å²) in [5.41, 5.74) is 14.9. The minimum Gasteiger partial charge on any atom is -0.455 e. The summed E-state index contributed by atoms with van der Waals surface area (Å²) < 4.78 is 9.54. The average Bonchev–Trinajstić information content (AvgIpc) is 3.93. The van der Waals surface area contributed by atoms with Crippen molar-refractivity contribution in [2.75, 3.05) is 0 Å². The van der Waals surface area contributed by atoms with Gasteiger partial charge in [-0.3, -0.25) is 0 Å². The zero-order valence-electron chi connectivity index (χ0n) is 35.9. The Morgan fingerprint density at radius 1 is 0.258 bits per heavy atom. The Balaban J connectivity index is 1.00. The number of hydrogen-bond acceptors (Lipinski definition) is 1. The Morgan fingerprint density at radius 2 is 0.712 bits per heavy atom. The average molecular weight is 838 g/mol. The molecule has 306 valence electrons. The zero-order valence-corrected chi connectivity index (χ0v) is 35.9. The Labute approximate surface area is 380 Å². The van der Waals surface area contributed by atoms with Crippen LogP contribution in [0.4, 0.5) is 0 Å². The molecule has 2 heterocycles. The van der Waals surface area contributed by atoms with E-state index in [1.54, 1.807) is 0 Å². The molecule has 14 aromatic rings. The molecule has 0 spiro atoms. The van der Waals surface area contributed by atoms with Crippen LogP contribution in [0.3, 0.4) is 0 Å². The van der Waals surface area contributed by atoms with Crippen molar-refractivity contribution in [3.63, 3.8) is 0 Å². The van der Waals surface area contributed by atoms with E-state index in [0.717, 1.165) is 27.5 Å². The van der Waals surface area contributed by atoms with Crippen LogP contribution in [0.5, 0.6) is 0 Å². The molecule has 0 atom stereocenters. The van der Waals surface area contributed by atoms with Gasteiger partial charge in [-0.05, 0) is 96.0 Å². The van der Waals surface area contributed by atoms with Gasteiger partial charge in [0.05, 0.1) is 16.7 Å². The van der Waals surface area contributed by atoms with Crippen molar-refractivity contribution in [2.45, 2.75) is 0 Å². The summed E-state index contributed by atoms with van der Waals surface area (Å²) in [4.78, 5) is 0. The van der Waals surface area contributed by atoms with Crippen LogP contribution < -0.4 is 0 Å². The highest BCUT2D eigenvalue weighted by atomic mass is 16.3. The molecular formula is C64H39NO. The van der Waals surface area contributed by atoms with Crippen LogP contribution in [0, 0.1) is 0 Å². The molecule has 0 amide bonds. The van der Waals surface area contributed by atoms with Crippen LogP contribution in [-0.4, -0.2) is 4.57 Å². The van der Waals surface area contributed by atoms with E-state index in [1.165, 1.54) is 110 Å². The van der Waals surface area contributed by atoms with Gasteiger partial charge in [0.1, 0.15) is 11.2 Å². The van der Waals surface area contributed by atoms with Gasteiger partial charge in [0, 0.05) is 43.4 Å². The number of aromatic nitrogens is 1. The lowest BCUT2D eigenvalue weighted by Crippen LogP contribution is -1.99. The van der Waals surface area contributed by atoms with E-state index in [1.807, 2.05) is 0 Å². The molecule has 0 unspecified atom stereocenters. The smallest absolute Gasteiger partial charge is 0.143 e. The summed E-state index contributed by atoms with van der Waals surface area (Å²) in [5, 5.41) is 14.4. The van der Waals surface area contributed by atoms with Crippen LogP contribution in [0.2, 0.25) is 0 Å². The highest BCUT2D eigenvalue weighted by molar-refractivity contribution is 6.25. The van der Waals surface area contributed by atoms with Crippen molar-refractivity contribution >= 4 is 86.8 Å². The SMILES string of the molecule is c1ccc(-c2ccc3c(c2)c2ccccc2n3-c2c3ccccc3c(-c3cccc4c3oc3ccc(-c5c6ccccc6c(-c6ccccc6)c6ccccc56)cc34)c3ccccc23)cc1. The molecule has 0 fully saturated rings. The topological polar surface area (TPSA) is 18.1 Å². The van der Waals surface area contributed by atoms with Gasteiger partial charge in [-0.2, -0.15) is 0 Å². The number of rotatable bonds is 5. The van der Waals surface area contributed by atoms with E-state index >= 15 is 0 Å². The van der Waals surface area contributed by atoms with Gasteiger partial charge in [0.25, 0.3) is 0 Å². The van der Waals surface area contributed by atoms with Crippen molar-refractivity contribution in [1.29, 1.82) is 0 Å². The van der Waals surface area contributed by atoms with Crippen LogP contribution in [0.1, 0.15) is 0 Å². The van der Waals surface area contributed by atoms with Crippen LogP contribution in [0.25, 0.3) is 137 Å². The van der Waals surface area contributed by atoms with E-state index in [-0.39, 0.29) is 0 Å². The molecule has 0 radical (unpaired) electrons. The zero-order chi connectivity index (χ0) is 43.3. The molecule has 14 rings (SSSR count). The molecule has 0 N–H and O–H groups in total. The van der Waals surface area contributed by atoms with Gasteiger partial charge in [0.15, 0.2) is 0 Å². The van der Waals surface area contributed by atoms with Crippen molar-refractivity contribution < 1.29 is 4.42 Å². The molecule has 2 nitrogen and oxygen atoms in total. The summed E-state index contributed by atoms with van der Waals surface area (Å²) >= 11 is 0. The van der Waals surface area contributed by atoms with Crippen molar-refractivity contribution in [1.82, 2.24) is 4.57 Å². The fourth-order valence-corrected chi connectivity index (χ4v) is 11.2. The molecule has 0 aliphatic heterocycles. The van der Waals surface area contributed by atoms with Crippen LogP contribution in [0.15, 0.2) is 241 Å². The Hall–Kier alpha value is -8.72. The van der Waals surface area contributed by atoms with Crippen molar-refractivity contribution in [3.05, 3.63) is 237 Å². The highest BCUT2D eigenvalue weighted by Gasteiger charge is 2.24. The number of hydrogen-bond donors (Lipinski definition) is 0. The summed E-state index contributed by atoms with van der Waals surface area (Å²) in [6.07, 6.45) is 0. The third-order valence-corrected chi connectivity index (χ3v) is 14.0. The van der Waals surface area contributed by atoms with Crippen molar-refractivity contribution in [2.24, 2.45) is 0 Å². The molecule has 2 heteroatoms. The quantitative estimate of drug-likeness (QED) is 0.158. The minimum absolute atomic E-state index is 0.876. The third-order valence-electron chi connectivity index (χ3n) is 14.0. The van der Waals surface area contributed by atoms with E-state index in [2.05, 4.69) is 241 Å². The lowest BCUT2D eigenvalue weighted by atomic mass is 9.85. The lowest BCUT2D eigenvalue weighted by Gasteiger charge is -2.19.